The summed E-state index contributed by atoms with van der Waals surface area (Å²) < 4.78 is 0. The molecule has 1 heterocycles. The van der Waals surface area contributed by atoms with Crippen LogP contribution in [0.25, 0.3) is 0 Å². The van der Waals surface area contributed by atoms with E-state index in [0.717, 1.165) is 12.8 Å². The number of rotatable bonds is 2. The van der Waals surface area contributed by atoms with Crippen molar-refractivity contribution in [2.45, 2.75) is 65.0 Å². The van der Waals surface area contributed by atoms with Gasteiger partial charge >= 0.3 is 0 Å². The Morgan fingerprint density at radius 1 is 1.33 bits per heavy atom. The Labute approximate surface area is 92.4 Å². The molecule has 0 aromatic heterocycles. The molecule has 3 heteroatoms. The molecule has 0 spiro atoms. The molecule has 1 rings (SSSR count). The van der Waals surface area contributed by atoms with Gasteiger partial charge in [0, 0.05) is 12.3 Å². The van der Waals surface area contributed by atoms with Crippen molar-refractivity contribution in [1.82, 2.24) is 5.06 Å². The van der Waals surface area contributed by atoms with Crippen molar-refractivity contribution >= 4 is 5.78 Å². The van der Waals surface area contributed by atoms with E-state index in [1.54, 1.807) is 0 Å². The predicted octanol–water partition coefficient (Wildman–Crippen LogP) is 2.58. The molecule has 15 heavy (non-hydrogen) atoms. The number of nitrogens with zero attached hydrogens (tertiary/aromatic N) is 1. The van der Waals surface area contributed by atoms with Gasteiger partial charge in [-0.2, -0.15) is 0 Å². The maximum atomic E-state index is 12.4. The molecular formula is C12H22NO2. The number of ketones is 1. The Balaban J connectivity index is 3.11. The van der Waals surface area contributed by atoms with Crippen molar-refractivity contribution < 1.29 is 10.0 Å². The van der Waals surface area contributed by atoms with Crippen LogP contribution in [-0.2, 0) is 10.0 Å². The Kier molecular flexibility index (Phi) is 3.27. The van der Waals surface area contributed by atoms with Gasteiger partial charge in [-0.25, -0.2) is 0 Å². The van der Waals surface area contributed by atoms with Gasteiger partial charge in [-0.15, -0.1) is 10.3 Å². The lowest BCUT2D eigenvalue weighted by Gasteiger charge is -2.52. The molecule has 0 N–H and O–H groups in total. The Bertz CT molecular complexity index is 266. The summed E-state index contributed by atoms with van der Waals surface area (Å²) in [7, 11) is 0. The van der Waals surface area contributed by atoms with E-state index in [0.29, 0.717) is 6.42 Å². The topological polar surface area (TPSA) is 40.2 Å². The van der Waals surface area contributed by atoms with Crippen LogP contribution in [0.15, 0.2) is 0 Å². The van der Waals surface area contributed by atoms with E-state index in [1.165, 1.54) is 5.06 Å². The van der Waals surface area contributed by atoms with Gasteiger partial charge in [-0.05, 0) is 26.7 Å². The SMILES string of the molecule is CCC1(C)CC(=O)C(C)C(C)(CC)N1[O]. The fourth-order valence-electron chi connectivity index (χ4n) is 2.46. The minimum absolute atomic E-state index is 0.153. The van der Waals surface area contributed by atoms with E-state index < -0.39 is 11.1 Å². The number of carbonyl (C=O) groups excluding carboxylic acids is 1. The summed E-state index contributed by atoms with van der Waals surface area (Å²) in [5, 5.41) is 13.5. The van der Waals surface area contributed by atoms with Gasteiger partial charge in [-0.3, -0.25) is 4.79 Å². The predicted molar refractivity (Wildman–Crippen MR) is 58.7 cm³/mol. The van der Waals surface area contributed by atoms with Crippen molar-refractivity contribution in [2.75, 3.05) is 0 Å². The molecule has 87 valence electrons. The normalized spacial score (nSPS) is 43.3. The fraction of sp³-hybridized carbons (Fsp3) is 0.917. The third kappa shape index (κ3) is 1.72. The Hall–Kier alpha value is -0.410. The minimum atomic E-state index is -0.528. The van der Waals surface area contributed by atoms with E-state index in [-0.39, 0.29) is 11.7 Å². The van der Waals surface area contributed by atoms with E-state index in [1.807, 2.05) is 34.6 Å². The zero-order valence-corrected chi connectivity index (χ0v) is 10.5. The molecular weight excluding hydrogens is 190 g/mol. The van der Waals surface area contributed by atoms with Crippen LogP contribution in [0.3, 0.4) is 0 Å². The molecule has 1 saturated heterocycles. The second kappa shape index (κ2) is 3.87. The molecule has 0 aliphatic carbocycles. The third-order valence-electron chi connectivity index (χ3n) is 4.40. The zero-order valence-electron chi connectivity index (χ0n) is 10.5. The lowest BCUT2D eigenvalue weighted by molar-refractivity contribution is -0.300. The lowest BCUT2D eigenvalue weighted by Crippen LogP contribution is -2.64. The van der Waals surface area contributed by atoms with E-state index in [9.17, 15) is 10.0 Å². The highest BCUT2D eigenvalue weighted by Gasteiger charge is 2.53. The maximum Gasteiger partial charge on any atom is 0.139 e. The quantitative estimate of drug-likeness (QED) is 0.705. The van der Waals surface area contributed by atoms with E-state index >= 15 is 0 Å². The first kappa shape index (κ1) is 12.7. The highest BCUT2D eigenvalue weighted by molar-refractivity contribution is 5.84. The number of hydrogen-bond acceptors (Lipinski definition) is 2. The number of hydroxylamine groups is 2. The summed E-state index contributed by atoms with van der Waals surface area (Å²) in [4.78, 5) is 11.9. The Morgan fingerprint density at radius 2 is 1.87 bits per heavy atom. The van der Waals surface area contributed by atoms with Crippen LogP contribution < -0.4 is 0 Å². The van der Waals surface area contributed by atoms with Crippen LogP contribution in [0.4, 0.5) is 0 Å². The van der Waals surface area contributed by atoms with Gasteiger partial charge < -0.3 is 0 Å². The summed E-state index contributed by atoms with van der Waals surface area (Å²) >= 11 is 0. The van der Waals surface area contributed by atoms with Gasteiger partial charge in [0.05, 0.1) is 11.1 Å². The summed E-state index contributed by atoms with van der Waals surface area (Å²) in [5.41, 5.74) is -1.03. The molecule has 0 saturated carbocycles. The summed E-state index contributed by atoms with van der Waals surface area (Å²) in [6.45, 7) is 9.65. The highest BCUT2D eigenvalue weighted by Crippen LogP contribution is 2.42. The third-order valence-corrected chi connectivity index (χ3v) is 4.40. The van der Waals surface area contributed by atoms with E-state index in [2.05, 4.69) is 0 Å². The molecule has 3 unspecified atom stereocenters. The smallest absolute Gasteiger partial charge is 0.139 e. The summed E-state index contributed by atoms with van der Waals surface area (Å²) in [6.07, 6.45) is 1.84. The Morgan fingerprint density at radius 3 is 2.27 bits per heavy atom. The fourth-order valence-corrected chi connectivity index (χ4v) is 2.46. The molecule has 3 atom stereocenters. The molecule has 1 aliphatic rings. The first-order chi connectivity index (χ1) is 6.81. The molecule has 0 aromatic rings. The molecule has 1 fully saturated rings. The van der Waals surface area contributed by atoms with Crippen LogP contribution in [-0.4, -0.2) is 21.9 Å². The second-order valence-corrected chi connectivity index (χ2v) is 5.22. The summed E-state index contributed by atoms with van der Waals surface area (Å²) in [6, 6.07) is 0. The molecule has 3 nitrogen and oxygen atoms in total. The van der Waals surface area contributed by atoms with Crippen LogP contribution >= 0.6 is 0 Å². The lowest BCUT2D eigenvalue weighted by atomic mass is 9.70. The second-order valence-electron chi connectivity index (χ2n) is 5.22. The first-order valence-corrected chi connectivity index (χ1v) is 5.82. The van der Waals surface area contributed by atoms with Crippen molar-refractivity contribution in [3.63, 3.8) is 0 Å². The minimum Gasteiger partial charge on any atom is -0.299 e. The first-order valence-electron chi connectivity index (χ1n) is 5.82. The van der Waals surface area contributed by atoms with Crippen LogP contribution in [0.5, 0.6) is 0 Å². The standard InChI is InChI=1S/C12H22NO2/c1-6-11(4)8-10(14)9(3)12(5,7-2)13(11)15/h9H,6-8H2,1-5H3. The molecule has 0 bridgehead atoms. The highest BCUT2D eigenvalue weighted by atomic mass is 16.5. The van der Waals surface area contributed by atoms with Crippen molar-refractivity contribution in [1.29, 1.82) is 0 Å². The van der Waals surface area contributed by atoms with Gasteiger partial charge in [-0.1, -0.05) is 20.8 Å². The van der Waals surface area contributed by atoms with Gasteiger partial charge in [0.25, 0.3) is 0 Å². The molecule has 1 radical (unpaired) electrons. The molecule has 0 aromatic carbocycles. The van der Waals surface area contributed by atoms with Crippen molar-refractivity contribution in [3.8, 4) is 0 Å². The maximum absolute atomic E-state index is 12.4. The van der Waals surface area contributed by atoms with Crippen LogP contribution in [0, 0.1) is 5.92 Å². The summed E-state index contributed by atoms with van der Waals surface area (Å²) in [5.74, 6) is 0.0791. The van der Waals surface area contributed by atoms with E-state index in [4.69, 9.17) is 0 Å². The number of Topliss-reactive ketones (excluding diaryl/α,β-unsaturated/α-hetero) is 1. The number of hydrogen-bond donors (Lipinski definition) is 0. The number of piperidine rings is 1. The van der Waals surface area contributed by atoms with Crippen LogP contribution in [0.2, 0.25) is 0 Å². The monoisotopic (exact) mass is 212 g/mol. The molecule has 1 aliphatic heterocycles. The van der Waals surface area contributed by atoms with Gasteiger partial charge in [0.1, 0.15) is 5.78 Å². The van der Waals surface area contributed by atoms with Gasteiger partial charge in [0.2, 0.25) is 0 Å². The van der Waals surface area contributed by atoms with Crippen molar-refractivity contribution in [2.24, 2.45) is 5.92 Å². The van der Waals surface area contributed by atoms with Crippen LogP contribution in [0.1, 0.15) is 53.9 Å². The van der Waals surface area contributed by atoms with Crippen molar-refractivity contribution in [3.05, 3.63) is 0 Å². The molecule has 0 amide bonds. The van der Waals surface area contributed by atoms with Gasteiger partial charge in [0.15, 0.2) is 0 Å². The zero-order chi connectivity index (χ0) is 11.9. The average Bonchev–Trinajstić information content (AvgIpc) is 2.23. The largest absolute Gasteiger partial charge is 0.299 e. The number of carbonyl (C=O) groups is 1. The average molecular weight is 212 g/mol.